The lowest BCUT2D eigenvalue weighted by molar-refractivity contribution is 0.0847. The molecule has 0 saturated carbocycles. The van der Waals surface area contributed by atoms with E-state index in [9.17, 15) is 18.0 Å². The lowest BCUT2D eigenvalue weighted by Gasteiger charge is -2.13. The molecule has 0 atom stereocenters. The molecule has 1 aromatic heterocycles. The number of rotatable bonds is 4. The van der Waals surface area contributed by atoms with E-state index in [0.717, 1.165) is 11.1 Å². The topological polar surface area (TPSA) is 131 Å². The van der Waals surface area contributed by atoms with Gasteiger partial charge in [-0.2, -0.15) is 0 Å². The number of hydrogen-bond donors (Lipinski definition) is 3. The molecule has 0 radical (unpaired) electrons. The molecule has 3 aromatic carbocycles. The van der Waals surface area contributed by atoms with Gasteiger partial charge < -0.3 is 0 Å². The molecule has 0 saturated heterocycles. The van der Waals surface area contributed by atoms with Gasteiger partial charge in [0, 0.05) is 16.5 Å². The summed E-state index contributed by atoms with van der Waals surface area (Å²) in [6, 6.07) is 20.6. The van der Waals surface area contributed by atoms with Gasteiger partial charge in [0.2, 0.25) is 10.0 Å². The van der Waals surface area contributed by atoms with Gasteiger partial charge in [-0.25, -0.2) is 18.5 Å². The highest BCUT2D eigenvalue weighted by molar-refractivity contribution is 7.89. The number of para-hydroxylation sites is 1. The van der Waals surface area contributed by atoms with Crippen LogP contribution < -0.4 is 16.0 Å². The summed E-state index contributed by atoms with van der Waals surface area (Å²) >= 11 is 0. The minimum atomic E-state index is -3.98. The molecule has 0 aliphatic carbocycles. The predicted molar refractivity (Wildman–Crippen MR) is 129 cm³/mol. The molecular weight excluding hydrogens is 452 g/mol. The quantitative estimate of drug-likeness (QED) is 0.391. The van der Waals surface area contributed by atoms with Crippen LogP contribution in [0.4, 0.5) is 0 Å². The maximum absolute atomic E-state index is 13.1. The standard InChI is InChI=1S/C25H22N4O4S/c1-15-7-10-17(11-8-15)23-14-21(19-5-3-4-6-22(19)27-23)25(31)29-28-24(30)20-13-18(34(26,32)33)12-9-16(20)2/h3-14H,1-2H3,(H,28,30)(H,29,31)(H2,26,32,33). The Hall–Kier alpha value is -4.08. The average molecular weight is 475 g/mol. The molecule has 0 fully saturated rings. The van der Waals surface area contributed by atoms with E-state index in [1.54, 1.807) is 25.1 Å². The molecule has 4 rings (SSSR count). The summed E-state index contributed by atoms with van der Waals surface area (Å²) in [6.45, 7) is 3.63. The van der Waals surface area contributed by atoms with E-state index >= 15 is 0 Å². The van der Waals surface area contributed by atoms with Gasteiger partial charge in [-0.05, 0) is 43.7 Å². The second kappa shape index (κ2) is 9.05. The van der Waals surface area contributed by atoms with Gasteiger partial charge in [0.15, 0.2) is 0 Å². The molecular formula is C25H22N4O4S. The summed E-state index contributed by atoms with van der Waals surface area (Å²) in [5.41, 5.74) is 8.90. The number of carbonyl (C=O) groups excluding carboxylic acids is 2. The zero-order valence-corrected chi connectivity index (χ0v) is 19.3. The summed E-state index contributed by atoms with van der Waals surface area (Å²) in [6.07, 6.45) is 0. The minimum absolute atomic E-state index is 0.0757. The van der Waals surface area contributed by atoms with Crippen molar-refractivity contribution in [2.45, 2.75) is 18.7 Å². The first-order valence-corrected chi connectivity index (χ1v) is 11.9. The van der Waals surface area contributed by atoms with Gasteiger partial charge in [-0.3, -0.25) is 20.4 Å². The van der Waals surface area contributed by atoms with E-state index in [0.29, 0.717) is 27.7 Å². The molecule has 0 aliphatic rings. The number of hydrazine groups is 1. The number of nitrogens with two attached hydrogens (primary N) is 1. The number of hydrogen-bond acceptors (Lipinski definition) is 5. The summed E-state index contributed by atoms with van der Waals surface area (Å²) in [4.78, 5) is 30.2. The SMILES string of the molecule is Cc1ccc(-c2cc(C(=O)NNC(=O)c3cc(S(N)(=O)=O)ccc3C)c3ccccc3n2)cc1. The van der Waals surface area contributed by atoms with Crippen molar-refractivity contribution in [3.63, 3.8) is 0 Å². The Morgan fingerprint density at radius 1 is 0.824 bits per heavy atom. The summed E-state index contributed by atoms with van der Waals surface area (Å²) in [7, 11) is -3.98. The lowest BCUT2D eigenvalue weighted by Crippen LogP contribution is -2.42. The average Bonchev–Trinajstić information content (AvgIpc) is 2.81. The van der Waals surface area contributed by atoms with Crippen LogP contribution in [0.1, 0.15) is 31.8 Å². The number of amides is 2. The molecule has 0 bridgehead atoms. The van der Waals surface area contributed by atoms with Crippen LogP contribution in [0.3, 0.4) is 0 Å². The Morgan fingerprint density at radius 3 is 2.15 bits per heavy atom. The molecule has 0 aliphatic heterocycles. The number of benzene rings is 3. The second-order valence-corrected chi connectivity index (χ2v) is 9.43. The molecule has 2 amide bonds. The Labute approximate surface area is 196 Å². The van der Waals surface area contributed by atoms with E-state index in [-0.39, 0.29) is 10.5 Å². The fourth-order valence-corrected chi connectivity index (χ4v) is 4.05. The zero-order chi connectivity index (χ0) is 24.5. The van der Waals surface area contributed by atoms with Crippen molar-refractivity contribution in [3.8, 4) is 11.3 Å². The summed E-state index contributed by atoms with van der Waals surface area (Å²) in [5, 5.41) is 5.78. The first kappa shape index (κ1) is 23.1. The fraction of sp³-hybridized carbons (Fsp3) is 0.0800. The number of pyridine rings is 1. The highest BCUT2D eigenvalue weighted by Crippen LogP contribution is 2.25. The van der Waals surface area contributed by atoms with Crippen LogP contribution >= 0.6 is 0 Å². The van der Waals surface area contributed by atoms with E-state index in [1.165, 1.54) is 18.2 Å². The molecule has 172 valence electrons. The number of carbonyl (C=O) groups is 2. The van der Waals surface area contributed by atoms with Crippen LogP contribution in [-0.4, -0.2) is 25.2 Å². The van der Waals surface area contributed by atoms with Crippen molar-refractivity contribution in [1.82, 2.24) is 15.8 Å². The molecule has 4 aromatic rings. The number of aromatic nitrogens is 1. The van der Waals surface area contributed by atoms with Gasteiger partial charge in [0.25, 0.3) is 11.8 Å². The van der Waals surface area contributed by atoms with Crippen LogP contribution in [0.2, 0.25) is 0 Å². The fourth-order valence-electron chi connectivity index (χ4n) is 3.51. The first-order valence-electron chi connectivity index (χ1n) is 10.3. The second-order valence-electron chi connectivity index (χ2n) is 7.87. The van der Waals surface area contributed by atoms with Crippen molar-refractivity contribution in [3.05, 3.63) is 95.1 Å². The van der Waals surface area contributed by atoms with Gasteiger partial charge >= 0.3 is 0 Å². The third-order valence-electron chi connectivity index (χ3n) is 5.38. The van der Waals surface area contributed by atoms with Crippen molar-refractivity contribution in [2.75, 3.05) is 0 Å². The normalized spacial score (nSPS) is 11.3. The molecule has 9 heteroatoms. The Morgan fingerprint density at radius 2 is 1.47 bits per heavy atom. The van der Waals surface area contributed by atoms with Gasteiger partial charge in [-0.1, -0.05) is 54.1 Å². The number of nitrogens with one attached hydrogen (secondary N) is 2. The lowest BCUT2D eigenvalue weighted by atomic mass is 10.0. The van der Waals surface area contributed by atoms with Crippen molar-refractivity contribution in [2.24, 2.45) is 5.14 Å². The summed E-state index contributed by atoms with van der Waals surface area (Å²) < 4.78 is 23.3. The number of aryl methyl sites for hydroxylation is 2. The van der Waals surface area contributed by atoms with E-state index in [1.807, 2.05) is 43.3 Å². The molecule has 8 nitrogen and oxygen atoms in total. The van der Waals surface area contributed by atoms with Crippen LogP contribution in [-0.2, 0) is 10.0 Å². The van der Waals surface area contributed by atoms with Gasteiger partial charge in [-0.15, -0.1) is 0 Å². The maximum Gasteiger partial charge on any atom is 0.270 e. The Bertz CT molecular complexity index is 1530. The van der Waals surface area contributed by atoms with Crippen LogP contribution in [0.5, 0.6) is 0 Å². The molecule has 1 heterocycles. The van der Waals surface area contributed by atoms with Crippen molar-refractivity contribution >= 4 is 32.7 Å². The smallest absolute Gasteiger partial charge is 0.267 e. The van der Waals surface area contributed by atoms with Crippen molar-refractivity contribution in [1.29, 1.82) is 0 Å². The molecule has 4 N–H and O–H groups in total. The van der Waals surface area contributed by atoms with E-state index < -0.39 is 21.8 Å². The largest absolute Gasteiger partial charge is 0.270 e. The monoisotopic (exact) mass is 474 g/mol. The molecule has 0 spiro atoms. The minimum Gasteiger partial charge on any atom is -0.267 e. The predicted octanol–water partition coefficient (Wildman–Crippen LogP) is 3.24. The van der Waals surface area contributed by atoms with Gasteiger partial charge in [0.1, 0.15) is 0 Å². The number of fused-ring (bicyclic) bond motifs is 1. The third-order valence-corrected chi connectivity index (χ3v) is 6.29. The van der Waals surface area contributed by atoms with Gasteiger partial charge in [0.05, 0.1) is 21.7 Å². The third kappa shape index (κ3) is 4.80. The highest BCUT2D eigenvalue weighted by atomic mass is 32.2. The number of sulfonamides is 1. The summed E-state index contributed by atoms with van der Waals surface area (Å²) in [5.74, 6) is -1.21. The Kier molecular flexibility index (Phi) is 6.14. The number of primary sulfonamides is 1. The molecule has 0 unspecified atom stereocenters. The van der Waals surface area contributed by atoms with Crippen LogP contribution in [0.25, 0.3) is 22.2 Å². The Balaban J connectivity index is 1.63. The first-order chi connectivity index (χ1) is 16.1. The van der Waals surface area contributed by atoms with E-state index in [2.05, 4.69) is 15.8 Å². The molecule has 34 heavy (non-hydrogen) atoms. The van der Waals surface area contributed by atoms with Crippen LogP contribution in [0.15, 0.2) is 77.7 Å². The van der Waals surface area contributed by atoms with Crippen LogP contribution in [0, 0.1) is 13.8 Å². The van der Waals surface area contributed by atoms with E-state index in [4.69, 9.17) is 5.14 Å². The van der Waals surface area contributed by atoms with Crippen molar-refractivity contribution < 1.29 is 18.0 Å². The number of nitrogens with zero attached hydrogens (tertiary/aromatic N) is 1. The maximum atomic E-state index is 13.1. The highest BCUT2D eigenvalue weighted by Gasteiger charge is 2.18. The zero-order valence-electron chi connectivity index (χ0n) is 18.5.